The minimum absolute atomic E-state index is 0.0333. The Kier molecular flexibility index (Phi) is 3.98. The summed E-state index contributed by atoms with van der Waals surface area (Å²) in [5, 5.41) is 9.01. The predicted octanol–water partition coefficient (Wildman–Crippen LogP) is 3.55. The van der Waals surface area contributed by atoms with Crippen LogP contribution in [0.2, 0.25) is 0 Å². The van der Waals surface area contributed by atoms with Crippen LogP contribution in [0.1, 0.15) is 21.5 Å². The van der Waals surface area contributed by atoms with Gasteiger partial charge in [0.15, 0.2) is 0 Å². The SMILES string of the molecule is Cc1cc(F)ccc1OCc1ccc(F)cc1C(=O)O. The first kappa shape index (κ1) is 14.0. The van der Waals surface area contributed by atoms with E-state index in [1.54, 1.807) is 6.92 Å². The molecule has 0 saturated heterocycles. The third-order valence-corrected chi connectivity index (χ3v) is 2.82. The highest BCUT2D eigenvalue weighted by atomic mass is 19.1. The lowest BCUT2D eigenvalue weighted by Gasteiger charge is -2.11. The van der Waals surface area contributed by atoms with Crippen LogP contribution in [0.4, 0.5) is 8.78 Å². The molecule has 2 aromatic rings. The molecule has 104 valence electrons. The Balaban J connectivity index is 2.20. The molecule has 0 saturated carbocycles. The second-order valence-electron chi connectivity index (χ2n) is 4.31. The first-order valence-corrected chi connectivity index (χ1v) is 5.88. The van der Waals surface area contributed by atoms with Gasteiger partial charge in [-0.05, 0) is 42.8 Å². The quantitative estimate of drug-likeness (QED) is 0.930. The van der Waals surface area contributed by atoms with Gasteiger partial charge >= 0.3 is 5.97 Å². The molecule has 0 aromatic heterocycles. The van der Waals surface area contributed by atoms with Crippen molar-refractivity contribution >= 4 is 5.97 Å². The smallest absolute Gasteiger partial charge is 0.336 e. The predicted molar refractivity (Wildman–Crippen MR) is 68.8 cm³/mol. The molecule has 0 fully saturated rings. The highest BCUT2D eigenvalue weighted by molar-refractivity contribution is 5.89. The normalized spacial score (nSPS) is 10.3. The average molecular weight is 278 g/mol. The van der Waals surface area contributed by atoms with Gasteiger partial charge in [0.2, 0.25) is 0 Å². The van der Waals surface area contributed by atoms with Crippen LogP contribution < -0.4 is 4.74 Å². The van der Waals surface area contributed by atoms with E-state index in [1.165, 1.54) is 30.3 Å². The fraction of sp³-hybridized carbons (Fsp3) is 0.133. The van der Waals surface area contributed by atoms with Gasteiger partial charge in [0.05, 0.1) is 5.56 Å². The number of rotatable bonds is 4. The molecule has 5 heteroatoms. The van der Waals surface area contributed by atoms with Crippen LogP contribution in [0.3, 0.4) is 0 Å². The Bertz CT molecular complexity index is 654. The molecule has 0 amide bonds. The van der Waals surface area contributed by atoms with Crippen LogP contribution in [-0.4, -0.2) is 11.1 Å². The van der Waals surface area contributed by atoms with E-state index in [9.17, 15) is 13.6 Å². The van der Waals surface area contributed by atoms with Gasteiger partial charge in [0, 0.05) is 5.56 Å². The number of aryl methyl sites for hydroxylation is 1. The number of carbonyl (C=O) groups is 1. The Morgan fingerprint density at radius 1 is 1.15 bits per heavy atom. The zero-order valence-electron chi connectivity index (χ0n) is 10.7. The summed E-state index contributed by atoms with van der Waals surface area (Å²) in [7, 11) is 0. The Morgan fingerprint density at radius 3 is 2.45 bits per heavy atom. The fourth-order valence-corrected chi connectivity index (χ4v) is 1.80. The zero-order chi connectivity index (χ0) is 14.7. The maximum absolute atomic E-state index is 13.0. The topological polar surface area (TPSA) is 46.5 Å². The van der Waals surface area contributed by atoms with Crippen molar-refractivity contribution in [3.05, 3.63) is 64.7 Å². The van der Waals surface area contributed by atoms with Crippen molar-refractivity contribution < 1.29 is 23.4 Å². The lowest BCUT2D eigenvalue weighted by atomic mass is 10.1. The van der Waals surface area contributed by atoms with Crippen LogP contribution in [0, 0.1) is 18.6 Å². The molecule has 0 radical (unpaired) electrons. The third kappa shape index (κ3) is 3.12. The number of hydrogen-bond acceptors (Lipinski definition) is 2. The van der Waals surface area contributed by atoms with Crippen LogP contribution in [0.25, 0.3) is 0 Å². The van der Waals surface area contributed by atoms with Crippen molar-refractivity contribution in [3.63, 3.8) is 0 Å². The fourth-order valence-electron chi connectivity index (χ4n) is 1.80. The van der Waals surface area contributed by atoms with Crippen molar-refractivity contribution in [1.29, 1.82) is 0 Å². The van der Waals surface area contributed by atoms with Gasteiger partial charge in [-0.3, -0.25) is 0 Å². The van der Waals surface area contributed by atoms with Crippen LogP contribution in [0.15, 0.2) is 36.4 Å². The lowest BCUT2D eigenvalue weighted by molar-refractivity contribution is 0.0693. The standard InChI is InChI=1S/C15H12F2O3/c1-9-6-11(16)4-5-14(9)20-8-10-2-3-12(17)7-13(10)15(18)19/h2-7H,8H2,1H3,(H,18,19). The van der Waals surface area contributed by atoms with E-state index < -0.39 is 11.8 Å². The van der Waals surface area contributed by atoms with E-state index in [1.807, 2.05) is 0 Å². The minimum atomic E-state index is -1.22. The van der Waals surface area contributed by atoms with Gasteiger partial charge in [-0.25, -0.2) is 13.6 Å². The summed E-state index contributed by atoms with van der Waals surface area (Å²) >= 11 is 0. The molecule has 0 aliphatic carbocycles. The molecule has 0 spiro atoms. The summed E-state index contributed by atoms with van der Waals surface area (Å²) in [4.78, 5) is 11.0. The van der Waals surface area contributed by atoms with Crippen LogP contribution in [0.5, 0.6) is 5.75 Å². The van der Waals surface area contributed by atoms with Gasteiger partial charge in [-0.15, -0.1) is 0 Å². The molecule has 2 aromatic carbocycles. The summed E-state index contributed by atoms with van der Waals surface area (Å²) in [6.45, 7) is 1.65. The molecular weight excluding hydrogens is 266 g/mol. The summed E-state index contributed by atoms with van der Waals surface area (Å²) in [6.07, 6.45) is 0. The molecule has 2 rings (SSSR count). The summed E-state index contributed by atoms with van der Waals surface area (Å²) in [5.41, 5.74) is 0.802. The lowest BCUT2D eigenvalue weighted by Crippen LogP contribution is -2.06. The van der Waals surface area contributed by atoms with E-state index in [-0.39, 0.29) is 18.0 Å². The van der Waals surface area contributed by atoms with Gasteiger partial charge < -0.3 is 9.84 Å². The summed E-state index contributed by atoms with van der Waals surface area (Å²) in [6, 6.07) is 7.51. The largest absolute Gasteiger partial charge is 0.489 e. The number of ether oxygens (including phenoxy) is 1. The number of aromatic carboxylic acids is 1. The Morgan fingerprint density at radius 2 is 1.80 bits per heavy atom. The first-order chi connectivity index (χ1) is 9.47. The second-order valence-corrected chi connectivity index (χ2v) is 4.31. The van der Waals surface area contributed by atoms with Crippen molar-refractivity contribution in [3.8, 4) is 5.75 Å². The van der Waals surface area contributed by atoms with Crippen molar-refractivity contribution in [2.75, 3.05) is 0 Å². The maximum atomic E-state index is 13.0. The Hall–Kier alpha value is -2.43. The van der Waals surface area contributed by atoms with Crippen molar-refractivity contribution in [2.24, 2.45) is 0 Å². The first-order valence-electron chi connectivity index (χ1n) is 5.88. The zero-order valence-corrected chi connectivity index (χ0v) is 10.7. The van der Waals surface area contributed by atoms with Gasteiger partial charge in [0.1, 0.15) is 24.0 Å². The summed E-state index contributed by atoms with van der Waals surface area (Å²) in [5.74, 6) is -1.77. The maximum Gasteiger partial charge on any atom is 0.336 e. The monoisotopic (exact) mass is 278 g/mol. The second kappa shape index (κ2) is 5.69. The highest BCUT2D eigenvalue weighted by Crippen LogP contribution is 2.21. The number of carboxylic acids is 1. The molecule has 20 heavy (non-hydrogen) atoms. The third-order valence-electron chi connectivity index (χ3n) is 2.82. The number of halogens is 2. The molecular formula is C15H12F2O3. The van der Waals surface area contributed by atoms with Gasteiger partial charge in [-0.1, -0.05) is 6.07 Å². The van der Waals surface area contributed by atoms with E-state index in [2.05, 4.69) is 0 Å². The van der Waals surface area contributed by atoms with E-state index >= 15 is 0 Å². The van der Waals surface area contributed by atoms with E-state index in [4.69, 9.17) is 9.84 Å². The molecule has 0 bridgehead atoms. The van der Waals surface area contributed by atoms with E-state index in [0.717, 1.165) is 6.07 Å². The molecule has 0 aliphatic rings. The number of carboxylic acid groups (broad SMARTS) is 1. The average Bonchev–Trinajstić information content (AvgIpc) is 2.38. The molecule has 1 N–H and O–H groups in total. The Labute approximate surface area is 114 Å². The molecule has 0 aliphatic heterocycles. The molecule has 0 unspecified atom stereocenters. The van der Waals surface area contributed by atoms with Crippen LogP contribution >= 0.6 is 0 Å². The molecule has 3 nitrogen and oxygen atoms in total. The van der Waals surface area contributed by atoms with E-state index in [0.29, 0.717) is 16.9 Å². The highest BCUT2D eigenvalue weighted by Gasteiger charge is 2.12. The van der Waals surface area contributed by atoms with Gasteiger partial charge in [-0.2, -0.15) is 0 Å². The van der Waals surface area contributed by atoms with Crippen molar-refractivity contribution in [1.82, 2.24) is 0 Å². The van der Waals surface area contributed by atoms with Gasteiger partial charge in [0.25, 0.3) is 0 Å². The molecule has 0 heterocycles. The number of hydrogen-bond donors (Lipinski definition) is 1. The van der Waals surface area contributed by atoms with Crippen LogP contribution in [-0.2, 0) is 6.61 Å². The number of benzene rings is 2. The minimum Gasteiger partial charge on any atom is -0.489 e. The molecule has 0 atom stereocenters. The summed E-state index contributed by atoms with van der Waals surface area (Å²) < 4.78 is 31.4. The van der Waals surface area contributed by atoms with Crippen molar-refractivity contribution in [2.45, 2.75) is 13.5 Å².